The minimum Gasteiger partial charge on any atom is -0.354 e. The van der Waals surface area contributed by atoms with Crippen LogP contribution in [0.1, 0.15) is 5.56 Å². The second-order valence-corrected chi connectivity index (χ2v) is 8.51. The fraction of sp³-hybridized carbons (Fsp3) is 0.261. The fourth-order valence-corrected chi connectivity index (χ4v) is 4.52. The SMILES string of the molecule is Fc1ccc(CCN2CCN(c3cc(Nc4ccc5ncsc5c4)ncn3)CC2)cc1. The van der Waals surface area contributed by atoms with Gasteiger partial charge in [-0.2, -0.15) is 0 Å². The second-order valence-electron chi connectivity index (χ2n) is 7.63. The van der Waals surface area contributed by atoms with Gasteiger partial charge < -0.3 is 10.2 Å². The number of piperazine rings is 1. The Hall–Kier alpha value is -3.10. The van der Waals surface area contributed by atoms with Crippen molar-refractivity contribution in [3.63, 3.8) is 0 Å². The topological polar surface area (TPSA) is 57.2 Å². The number of hydrogen-bond donors (Lipinski definition) is 1. The summed E-state index contributed by atoms with van der Waals surface area (Å²) < 4.78 is 14.2. The molecule has 0 unspecified atom stereocenters. The maximum atomic E-state index is 13.1. The van der Waals surface area contributed by atoms with Crippen LogP contribution in [-0.2, 0) is 6.42 Å². The first-order valence-corrected chi connectivity index (χ1v) is 11.2. The van der Waals surface area contributed by atoms with Crippen molar-refractivity contribution in [2.75, 3.05) is 42.9 Å². The van der Waals surface area contributed by atoms with Crippen LogP contribution >= 0.6 is 11.3 Å². The molecule has 0 atom stereocenters. The Morgan fingerprint density at radius 2 is 1.77 bits per heavy atom. The van der Waals surface area contributed by atoms with E-state index in [0.717, 1.165) is 66.7 Å². The molecule has 0 aliphatic carbocycles. The molecule has 1 aliphatic rings. The van der Waals surface area contributed by atoms with Crippen LogP contribution in [0, 0.1) is 5.82 Å². The van der Waals surface area contributed by atoms with Crippen molar-refractivity contribution < 1.29 is 4.39 Å². The number of fused-ring (bicyclic) bond motifs is 1. The number of rotatable bonds is 6. The third-order valence-corrected chi connectivity index (χ3v) is 6.37. The number of hydrogen-bond acceptors (Lipinski definition) is 7. The third kappa shape index (κ3) is 4.81. The van der Waals surface area contributed by atoms with Gasteiger partial charge in [-0.3, -0.25) is 4.90 Å². The Morgan fingerprint density at radius 1 is 0.935 bits per heavy atom. The van der Waals surface area contributed by atoms with Crippen LogP contribution in [0.2, 0.25) is 0 Å². The predicted molar refractivity (Wildman–Crippen MR) is 124 cm³/mol. The maximum Gasteiger partial charge on any atom is 0.135 e. The Labute approximate surface area is 184 Å². The zero-order chi connectivity index (χ0) is 21.0. The molecule has 2 aromatic heterocycles. The molecule has 1 N–H and O–H groups in total. The van der Waals surface area contributed by atoms with Crippen molar-refractivity contribution in [3.05, 3.63) is 71.7 Å². The standard InChI is InChI=1S/C23H23FN6S/c24-18-3-1-17(2-4-18)7-8-29-9-11-30(12-10-29)23-14-22(25-15-26-23)28-19-5-6-20-21(13-19)31-16-27-20/h1-6,13-16H,7-12H2,(H,25,26,28). The highest BCUT2D eigenvalue weighted by atomic mass is 32.1. The lowest BCUT2D eigenvalue weighted by Gasteiger charge is -2.35. The van der Waals surface area contributed by atoms with Crippen LogP contribution in [0.4, 0.5) is 21.7 Å². The zero-order valence-electron chi connectivity index (χ0n) is 17.0. The van der Waals surface area contributed by atoms with Crippen LogP contribution < -0.4 is 10.2 Å². The second kappa shape index (κ2) is 8.95. The van der Waals surface area contributed by atoms with Gasteiger partial charge in [-0.25, -0.2) is 19.3 Å². The number of benzene rings is 2. The van der Waals surface area contributed by atoms with E-state index in [9.17, 15) is 4.39 Å². The van der Waals surface area contributed by atoms with E-state index in [0.29, 0.717) is 0 Å². The highest BCUT2D eigenvalue weighted by Gasteiger charge is 2.18. The summed E-state index contributed by atoms with van der Waals surface area (Å²) in [5.41, 5.74) is 5.03. The van der Waals surface area contributed by atoms with Crippen molar-refractivity contribution in [2.24, 2.45) is 0 Å². The Kier molecular flexibility index (Phi) is 5.73. The number of thiazole rings is 1. The first-order chi connectivity index (χ1) is 15.2. The molecular formula is C23H23FN6S. The average Bonchev–Trinajstić information content (AvgIpc) is 3.27. The van der Waals surface area contributed by atoms with Crippen molar-refractivity contribution >= 4 is 38.9 Å². The summed E-state index contributed by atoms with van der Waals surface area (Å²) in [6.45, 7) is 4.79. The zero-order valence-corrected chi connectivity index (χ0v) is 17.9. The molecule has 6 nitrogen and oxygen atoms in total. The Bertz CT molecular complexity index is 1150. The third-order valence-electron chi connectivity index (χ3n) is 5.58. The Balaban J connectivity index is 1.17. The van der Waals surface area contributed by atoms with E-state index in [2.05, 4.69) is 36.1 Å². The largest absolute Gasteiger partial charge is 0.354 e. The average molecular weight is 435 g/mol. The van der Waals surface area contributed by atoms with Gasteiger partial charge in [-0.05, 0) is 42.3 Å². The first-order valence-electron chi connectivity index (χ1n) is 10.4. The van der Waals surface area contributed by atoms with Gasteiger partial charge in [0.15, 0.2) is 0 Å². The predicted octanol–water partition coefficient (Wildman–Crippen LogP) is 4.33. The monoisotopic (exact) mass is 434 g/mol. The van der Waals surface area contributed by atoms with E-state index >= 15 is 0 Å². The number of halogens is 1. The maximum absolute atomic E-state index is 13.1. The summed E-state index contributed by atoms with van der Waals surface area (Å²) in [5.74, 6) is 1.54. The number of anilines is 3. The molecule has 1 saturated heterocycles. The minimum atomic E-state index is -0.180. The van der Waals surface area contributed by atoms with E-state index in [1.165, 1.54) is 17.7 Å². The quantitative estimate of drug-likeness (QED) is 0.487. The van der Waals surface area contributed by atoms with Crippen molar-refractivity contribution in [1.29, 1.82) is 0 Å². The summed E-state index contributed by atoms with van der Waals surface area (Å²) in [5, 5.41) is 3.38. The van der Waals surface area contributed by atoms with Crippen molar-refractivity contribution in [2.45, 2.75) is 6.42 Å². The summed E-state index contributed by atoms with van der Waals surface area (Å²) in [7, 11) is 0. The van der Waals surface area contributed by atoms with Gasteiger partial charge in [0.05, 0.1) is 15.7 Å². The van der Waals surface area contributed by atoms with Crippen molar-refractivity contribution in [3.8, 4) is 0 Å². The van der Waals surface area contributed by atoms with Crippen LogP contribution in [0.5, 0.6) is 0 Å². The summed E-state index contributed by atoms with van der Waals surface area (Å²) in [6, 6.07) is 14.9. The normalized spacial score (nSPS) is 14.8. The van der Waals surface area contributed by atoms with E-state index in [1.807, 2.05) is 35.8 Å². The van der Waals surface area contributed by atoms with Crippen LogP contribution in [0.15, 0.2) is 60.4 Å². The summed E-state index contributed by atoms with van der Waals surface area (Å²) in [4.78, 5) is 17.9. The van der Waals surface area contributed by atoms with Gasteiger partial charge in [-0.1, -0.05) is 12.1 Å². The number of aromatic nitrogens is 3. The summed E-state index contributed by atoms with van der Waals surface area (Å²) in [6.07, 6.45) is 2.55. The van der Waals surface area contributed by atoms with Crippen molar-refractivity contribution in [1.82, 2.24) is 19.9 Å². The highest BCUT2D eigenvalue weighted by molar-refractivity contribution is 7.16. The molecule has 0 bridgehead atoms. The number of nitrogens with zero attached hydrogens (tertiary/aromatic N) is 5. The van der Waals surface area contributed by atoms with E-state index in [4.69, 9.17) is 0 Å². The van der Waals surface area contributed by atoms with Gasteiger partial charge in [0.25, 0.3) is 0 Å². The molecule has 0 radical (unpaired) electrons. The van der Waals surface area contributed by atoms with Crippen LogP contribution in [0.25, 0.3) is 10.2 Å². The van der Waals surface area contributed by atoms with E-state index in [1.54, 1.807) is 17.7 Å². The van der Waals surface area contributed by atoms with E-state index < -0.39 is 0 Å². The lowest BCUT2D eigenvalue weighted by atomic mass is 10.1. The van der Waals surface area contributed by atoms with Gasteiger partial charge in [0.2, 0.25) is 0 Å². The molecule has 0 amide bonds. The van der Waals surface area contributed by atoms with Gasteiger partial charge in [-0.15, -0.1) is 11.3 Å². The fourth-order valence-electron chi connectivity index (χ4n) is 3.81. The summed E-state index contributed by atoms with van der Waals surface area (Å²) >= 11 is 1.63. The molecule has 2 aromatic carbocycles. The van der Waals surface area contributed by atoms with Gasteiger partial charge in [0, 0.05) is 44.5 Å². The molecule has 3 heterocycles. The van der Waals surface area contributed by atoms with Crippen LogP contribution in [-0.4, -0.2) is 52.6 Å². The Morgan fingerprint density at radius 3 is 2.61 bits per heavy atom. The number of nitrogens with one attached hydrogen (secondary N) is 1. The molecule has 31 heavy (non-hydrogen) atoms. The molecular weight excluding hydrogens is 411 g/mol. The van der Waals surface area contributed by atoms with Gasteiger partial charge >= 0.3 is 0 Å². The smallest absolute Gasteiger partial charge is 0.135 e. The lowest BCUT2D eigenvalue weighted by molar-refractivity contribution is 0.260. The molecule has 1 aliphatic heterocycles. The molecule has 4 aromatic rings. The molecule has 1 fully saturated rings. The molecule has 158 valence electrons. The van der Waals surface area contributed by atoms with Crippen LogP contribution in [0.3, 0.4) is 0 Å². The van der Waals surface area contributed by atoms with Gasteiger partial charge in [0.1, 0.15) is 23.8 Å². The molecule has 0 spiro atoms. The van der Waals surface area contributed by atoms with E-state index in [-0.39, 0.29) is 5.82 Å². The molecule has 0 saturated carbocycles. The minimum absolute atomic E-state index is 0.180. The molecule has 5 rings (SSSR count). The molecule has 8 heteroatoms. The first kappa shape index (κ1) is 19.8. The highest BCUT2D eigenvalue weighted by Crippen LogP contribution is 2.25. The lowest BCUT2D eigenvalue weighted by Crippen LogP contribution is -2.47.